The lowest BCUT2D eigenvalue weighted by Crippen LogP contribution is -2.40. The molecule has 1 aromatic heterocycles. The van der Waals surface area contributed by atoms with Gasteiger partial charge in [-0.15, -0.1) is 0 Å². The van der Waals surface area contributed by atoms with Crippen LogP contribution in [0.1, 0.15) is 31.7 Å². The maximum Gasteiger partial charge on any atom is 0.265 e. The average molecular weight is 655 g/mol. The molecular weight excluding hydrogens is 623 g/mol. The summed E-state index contributed by atoms with van der Waals surface area (Å²) in [4.78, 5) is 3.14. The maximum atomic E-state index is 12.8. The molecule has 2 aromatic carbocycles. The summed E-state index contributed by atoms with van der Waals surface area (Å²) in [6, 6.07) is 11.3. The Balaban J connectivity index is 1.66. The number of fused-ring (bicyclic) bond motifs is 2. The van der Waals surface area contributed by atoms with Crippen molar-refractivity contribution in [3.8, 4) is 0 Å². The van der Waals surface area contributed by atoms with Gasteiger partial charge in [-0.1, -0.05) is 60.1 Å². The Kier molecular flexibility index (Phi) is 9.41. The second kappa shape index (κ2) is 11.9. The number of benzene rings is 2. The van der Waals surface area contributed by atoms with Crippen LogP contribution in [0.4, 0.5) is 5.69 Å². The number of aromatic nitrogens is 1. The summed E-state index contributed by atoms with van der Waals surface area (Å²) < 4.78 is 63.7. The van der Waals surface area contributed by atoms with Crippen molar-refractivity contribution in [2.45, 2.75) is 38.1 Å². The van der Waals surface area contributed by atoms with Crippen LogP contribution in [0.25, 0.3) is 16.3 Å². The molecule has 0 radical (unpaired) electrons. The number of aryl methyl sites for hydroxylation is 1. The Morgan fingerprint density at radius 1 is 1.10 bits per heavy atom. The van der Waals surface area contributed by atoms with Crippen LogP contribution in [0.2, 0.25) is 10.0 Å². The van der Waals surface area contributed by atoms with E-state index in [-0.39, 0.29) is 30.3 Å². The zero-order chi connectivity index (χ0) is 28.4. The van der Waals surface area contributed by atoms with Gasteiger partial charge in [0.25, 0.3) is 15.1 Å². The molecule has 0 spiro atoms. The van der Waals surface area contributed by atoms with Gasteiger partial charge in [0.1, 0.15) is 4.70 Å². The van der Waals surface area contributed by atoms with Gasteiger partial charge in [-0.3, -0.25) is 8.74 Å². The first kappa shape index (κ1) is 30.7. The minimum atomic E-state index is -4.08. The first-order valence-corrected chi connectivity index (χ1v) is 18.6. The molecule has 0 saturated carbocycles. The van der Waals surface area contributed by atoms with Gasteiger partial charge < -0.3 is 9.45 Å². The van der Waals surface area contributed by atoms with Crippen molar-refractivity contribution in [2.75, 3.05) is 35.3 Å². The van der Waals surface area contributed by atoms with E-state index in [9.17, 15) is 21.7 Å². The maximum absolute atomic E-state index is 12.8. The molecule has 2 heterocycles. The molecule has 2 N–H and O–H groups in total. The molecule has 39 heavy (non-hydrogen) atoms. The Bertz CT molecular complexity index is 1580. The van der Waals surface area contributed by atoms with Gasteiger partial charge in [-0.05, 0) is 36.8 Å². The number of thioether (sulfide) groups is 1. The zero-order valence-electron chi connectivity index (χ0n) is 21.5. The quantitative estimate of drug-likeness (QED) is 0.132. The molecule has 1 aliphatic heterocycles. The Morgan fingerprint density at radius 3 is 2.49 bits per heavy atom. The molecule has 8 nitrogen and oxygen atoms in total. The third kappa shape index (κ3) is 7.55. The standard InChI is InChI=1S/C25H30Cl2N2O6S4/c1-3-39(33,34,4-2)35-13-5-11-28-20-15-18(26)7-9-22(20)36-24(28)17-25-29(12-6-14-38(30,31)32)21-16-19(27)8-10-23(21)37-25/h7-10,15-17H,3-6,11-14H2,1-2H3,(H-,30,31,32,33,34)/p+1. The molecule has 3 aromatic rings. The topological polar surface area (TPSA) is 108 Å². The molecule has 0 fully saturated rings. The number of hydrogen-bond acceptors (Lipinski definition) is 7. The second-order valence-electron chi connectivity index (χ2n) is 9.10. The predicted molar refractivity (Wildman–Crippen MR) is 163 cm³/mol. The lowest BCUT2D eigenvalue weighted by molar-refractivity contribution is -0.668. The first-order valence-electron chi connectivity index (χ1n) is 12.4. The van der Waals surface area contributed by atoms with Gasteiger partial charge >= 0.3 is 0 Å². The van der Waals surface area contributed by atoms with Gasteiger partial charge in [0.05, 0.1) is 38.8 Å². The molecule has 214 valence electrons. The number of thiazole rings is 1. The van der Waals surface area contributed by atoms with Crippen LogP contribution in [0.15, 0.2) is 46.3 Å². The van der Waals surface area contributed by atoms with Gasteiger partial charge in [0.2, 0.25) is 5.52 Å². The largest absolute Gasteiger partial charge is 0.335 e. The van der Waals surface area contributed by atoms with Crippen molar-refractivity contribution >= 4 is 88.0 Å². The van der Waals surface area contributed by atoms with Gasteiger partial charge in [-0.25, -0.2) is 4.21 Å². The van der Waals surface area contributed by atoms with Crippen LogP contribution in [-0.4, -0.2) is 52.1 Å². The number of hydrogen-bond donors (Lipinski definition) is 2. The first-order chi connectivity index (χ1) is 18.3. The monoisotopic (exact) mass is 653 g/mol. The van der Waals surface area contributed by atoms with E-state index in [1.165, 1.54) is 0 Å². The van der Waals surface area contributed by atoms with E-state index in [4.69, 9.17) is 27.4 Å². The van der Waals surface area contributed by atoms with Crippen LogP contribution in [0.5, 0.6) is 0 Å². The van der Waals surface area contributed by atoms with Crippen molar-refractivity contribution in [1.29, 1.82) is 0 Å². The third-order valence-corrected chi connectivity index (χ3v) is 12.9. The third-order valence-electron chi connectivity index (χ3n) is 6.43. The molecule has 4 rings (SSSR count). The number of anilines is 1. The van der Waals surface area contributed by atoms with E-state index in [1.807, 2.05) is 47.0 Å². The summed E-state index contributed by atoms with van der Waals surface area (Å²) in [5, 5.41) is 2.99. The van der Waals surface area contributed by atoms with E-state index < -0.39 is 19.7 Å². The molecule has 14 heteroatoms. The lowest BCUT2D eigenvalue weighted by Gasteiger charge is -2.34. The Labute approximate surface area is 247 Å². The summed E-state index contributed by atoms with van der Waals surface area (Å²) in [7, 11) is -8.16. The summed E-state index contributed by atoms with van der Waals surface area (Å²) in [5.74, 6) is -0.252. The number of rotatable bonds is 12. The average Bonchev–Trinajstić information content (AvgIpc) is 3.38. The SMILES string of the molecule is CCS(=O)(O)(CC)OCCCN1C(=Cc2sc3ccc(Cl)cc3[n+]2CCCS(=O)(=O)O)Sc2ccc(Cl)cc21. The van der Waals surface area contributed by atoms with Crippen LogP contribution < -0.4 is 9.47 Å². The summed E-state index contributed by atoms with van der Waals surface area (Å²) in [6.45, 7) is 4.33. The van der Waals surface area contributed by atoms with Crippen LogP contribution in [0.3, 0.4) is 0 Å². The fourth-order valence-corrected chi connectivity index (χ4v) is 8.53. The van der Waals surface area contributed by atoms with Crippen molar-refractivity contribution in [3.05, 3.63) is 56.5 Å². The van der Waals surface area contributed by atoms with Crippen LogP contribution in [-0.2, 0) is 30.5 Å². The highest BCUT2D eigenvalue weighted by molar-refractivity contribution is 8.10. The lowest BCUT2D eigenvalue weighted by atomic mass is 10.2. The second-order valence-corrected chi connectivity index (χ2v) is 17.4. The highest BCUT2D eigenvalue weighted by atomic mass is 35.5. The van der Waals surface area contributed by atoms with E-state index in [2.05, 4.69) is 4.90 Å². The summed E-state index contributed by atoms with van der Waals surface area (Å²) >= 11 is 15.7. The van der Waals surface area contributed by atoms with E-state index in [0.717, 1.165) is 30.8 Å². The fourth-order valence-electron chi connectivity index (χ4n) is 4.18. The van der Waals surface area contributed by atoms with E-state index in [1.54, 1.807) is 36.9 Å². The minimum absolute atomic E-state index is 0.0460. The van der Waals surface area contributed by atoms with Crippen molar-refractivity contribution in [3.63, 3.8) is 0 Å². The van der Waals surface area contributed by atoms with Gasteiger partial charge in [0.15, 0.2) is 6.54 Å². The summed E-state index contributed by atoms with van der Waals surface area (Å²) in [6.07, 6.45) is 2.79. The van der Waals surface area contributed by atoms with Crippen molar-refractivity contribution < 1.29 is 30.5 Å². The Morgan fingerprint density at radius 2 is 1.79 bits per heavy atom. The normalized spacial score (nSPS) is 16.1. The van der Waals surface area contributed by atoms with Gasteiger partial charge in [0, 0.05) is 45.5 Å². The highest BCUT2D eigenvalue weighted by Gasteiger charge is 2.31. The van der Waals surface area contributed by atoms with Crippen LogP contribution >= 0.6 is 46.3 Å². The van der Waals surface area contributed by atoms with Gasteiger partial charge in [-0.2, -0.15) is 13.0 Å². The van der Waals surface area contributed by atoms with Crippen molar-refractivity contribution in [1.82, 2.24) is 0 Å². The molecule has 0 aliphatic carbocycles. The molecule has 0 atom stereocenters. The Hall–Kier alpha value is -1.22. The van der Waals surface area contributed by atoms with E-state index >= 15 is 0 Å². The number of nitrogens with zero attached hydrogens (tertiary/aromatic N) is 2. The highest BCUT2D eigenvalue weighted by Crippen LogP contribution is 2.48. The molecule has 0 unspecified atom stereocenters. The number of halogens is 2. The van der Waals surface area contributed by atoms with Crippen LogP contribution in [0, 0.1) is 0 Å². The molecule has 0 amide bonds. The molecule has 1 aliphatic rings. The molecule has 0 saturated heterocycles. The zero-order valence-corrected chi connectivity index (χ0v) is 26.3. The smallest absolute Gasteiger partial charge is 0.265 e. The minimum Gasteiger partial charge on any atom is -0.335 e. The van der Waals surface area contributed by atoms with E-state index in [0.29, 0.717) is 29.6 Å². The summed E-state index contributed by atoms with van der Waals surface area (Å²) in [5.41, 5.74) is 1.81. The molecule has 0 bridgehead atoms. The molecular formula is C25H31Cl2N2O6S4+. The predicted octanol–water partition coefficient (Wildman–Crippen LogP) is 6.34. The van der Waals surface area contributed by atoms with Crippen molar-refractivity contribution in [2.24, 2.45) is 0 Å². The fraction of sp³-hybridized carbons (Fsp3) is 0.400.